The maximum absolute atomic E-state index is 12.8. The van der Waals surface area contributed by atoms with Crippen LogP contribution in [0.2, 0.25) is 0 Å². The summed E-state index contributed by atoms with van der Waals surface area (Å²) in [5.41, 5.74) is 2.56. The van der Waals surface area contributed by atoms with E-state index in [9.17, 15) is 19.5 Å². The van der Waals surface area contributed by atoms with E-state index < -0.39 is 29.6 Å². The van der Waals surface area contributed by atoms with E-state index in [1.54, 1.807) is 24.4 Å². The lowest BCUT2D eigenvalue weighted by Crippen LogP contribution is -2.47. The topological polar surface area (TPSA) is 122 Å². The SMILES string of the molecule is CCCCc1cc(=O)oc2cc(O[C@@H](C)C(=O)N[C@H](Cc3c[nH]c4ccccc34)C(=O)O)ccc12. The highest BCUT2D eigenvalue weighted by molar-refractivity contribution is 5.88. The van der Waals surface area contributed by atoms with Crippen LogP contribution in [0.15, 0.2) is 63.9 Å². The van der Waals surface area contributed by atoms with Gasteiger partial charge in [0.1, 0.15) is 17.4 Å². The molecule has 0 unspecified atom stereocenters. The van der Waals surface area contributed by atoms with E-state index in [0.29, 0.717) is 11.3 Å². The van der Waals surface area contributed by atoms with Gasteiger partial charge in [-0.15, -0.1) is 0 Å². The Hall–Kier alpha value is -4.07. The molecule has 0 saturated heterocycles. The van der Waals surface area contributed by atoms with Crippen LogP contribution in [0.1, 0.15) is 37.8 Å². The second-order valence-corrected chi connectivity index (χ2v) is 8.58. The van der Waals surface area contributed by atoms with Crippen LogP contribution in [0, 0.1) is 0 Å². The monoisotopic (exact) mass is 476 g/mol. The van der Waals surface area contributed by atoms with Crippen LogP contribution < -0.4 is 15.7 Å². The summed E-state index contributed by atoms with van der Waals surface area (Å²) in [7, 11) is 0. The highest BCUT2D eigenvalue weighted by Gasteiger charge is 2.25. The largest absolute Gasteiger partial charge is 0.481 e. The number of fused-ring (bicyclic) bond motifs is 2. The molecule has 2 heterocycles. The number of para-hydroxylation sites is 1. The lowest BCUT2D eigenvalue weighted by molar-refractivity contribution is -0.142. The molecule has 8 heteroatoms. The smallest absolute Gasteiger partial charge is 0.336 e. The van der Waals surface area contributed by atoms with Gasteiger partial charge < -0.3 is 24.6 Å². The Labute approximate surface area is 201 Å². The zero-order valence-corrected chi connectivity index (χ0v) is 19.7. The molecule has 8 nitrogen and oxygen atoms in total. The summed E-state index contributed by atoms with van der Waals surface area (Å²) in [6, 6.07) is 13.1. The van der Waals surface area contributed by atoms with Gasteiger partial charge in [-0.05, 0) is 49.1 Å². The standard InChI is InChI=1S/C27H28N2O6/c1-3-4-7-17-13-25(30)35-24-14-19(10-11-21(17)24)34-16(2)26(31)29-23(27(32)33)12-18-15-28-22-9-6-5-8-20(18)22/h5-6,8-11,13-16,23,28H,3-4,7,12H2,1-2H3,(H,29,31)(H,32,33)/t16-,23+/m0/s1. The number of aromatic nitrogens is 1. The molecule has 4 aromatic rings. The van der Waals surface area contributed by atoms with E-state index in [4.69, 9.17) is 9.15 Å². The average Bonchev–Trinajstić information content (AvgIpc) is 3.24. The summed E-state index contributed by atoms with van der Waals surface area (Å²) >= 11 is 0. The van der Waals surface area contributed by atoms with E-state index in [2.05, 4.69) is 17.2 Å². The van der Waals surface area contributed by atoms with Crippen LogP contribution in [-0.4, -0.2) is 34.1 Å². The molecule has 3 N–H and O–H groups in total. The number of amides is 1. The summed E-state index contributed by atoms with van der Waals surface area (Å²) in [5.74, 6) is -1.35. The van der Waals surface area contributed by atoms with Crippen molar-refractivity contribution in [1.29, 1.82) is 0 Å². The fourth-order valence-corrected chi connectivity index (χ4v) is 4.12. The van der Waals surface area contributed by atoms with Crippen molar-refractivity contribution in [2.75, 3.05) is 0 Å². The van der Waals surface area contributed by atoms with Gasteiger partial charge in [0.15, 0.2) is 6.10 Å². The molecule has 1 amide bonds. The average molecular weight is 477 g/mol. The number of ether oxygens (including phenoxy) is 1. The molecule has 0 bridgehead atoms. The summed E-state index contributed by atoms with van der Waals surface area (Å²) in [6.45, 7) is 3.62. The Morgan fingerprint density at radius 3 is 2.69 bits per heavy atom. The molecule has 0 fully saturated rings. The van der Waals surface area contributed by atoms with Crippen molar-refractivity contribution in [3.05, 3.63) is 76.3 Å². The number of carboxylic acids is 1. The van der Waals surface area contributed by atoms with Crippen molar-refractivity contribution in [3.8, 4) is 5.75 Å². The van der Waals surface area contributed by atoms with Crippen molar-refractivity contribution in [2.45, 2.75) is 51.7 Å². The van der Waals surface area contributed by atoms with Crippen LogP contribution in [0.25, 0.3) is 21.9 Å². The predicted molar refractivity (Wildman–Crippen MR) is 133 cm³/mol. The Balaban J connectivity index is 1.46. The van der Waals surface area contributed by atoms with Gasteiger partial charge in [-0.1, -0.05) is 31.5 Å². The van der Waals surface area contributed by atoms with Crippen LogP contribution in [0.5, 0.6) is 5.75 Å². The van der Waals surface area contributed by atoms with E-state index in [1.165, 1.54) is 13.0 Å². The van der Waals surface area contributed by atoms with Gasteiger partial charge in [-0.2, -0.15) is 0 Å². The minimum absolute atomic E-state index is 0.124. The Kier molecular flexibility index (Phi) is 7.19. The first-order chi connectivity index (χ1) is 16.9. The number of aliphatic carboxylic acids is 1. The molecule has 0 saturated carbocycles. The maximum Gasteiger partial charge on any atom is 0.336 e. The minimum Gasteiger partial charge on any atom is -0.481 e. The quantitative estimate of drug-likeness (QED) is 0.295. The molecular formula is C27H28N2O6. The van der Waals surface area contributed by atoms with Gasteiger partial charge in [-0.25, -0.2) is 9.59 Å². The summed E-state index contributed by atoms with van der Waals surface area (Å²) in [6.07, 6.45) is 3.64. The molecule has 2 aromatic heterocycles. The second kappa shape index (κ2) is 10.5. The number of rotatable bonds is 10. The molecular weight excluding hydrogens is 448 g/mol. The number of hydrogen-bond acceptors (Lipinski definition) is 5. The number of carbonyl (C=O) groups excluding carboxylic acids is 1. The van der Waals surface area contributed by atoms with Gasteiger partial charge in [0.2, 0.25) is 0 Å². The van der Waals surface area contributed by atoms with E-state index in [1.807, 2.05) is 24.3 Å². The number of unbranched alkanes of at least 4 members (excludes halogenated alkanes) is 1. The van der Waals surface area contributed by atoms with E-state index >= 15 is 0 Å². The predicted octanol–water partition coefficient (Wildman–Crippen LogP) is 4.20. The van der Waals surface area contributed by atoms with Crippen LogP contribution in [0.4, 0.5) is 0 Å². The summed E-state index contributed by atoms with van der Waals surface area (Å²) in [4.78, 5) is 39.7. The van der Waals surface area contributed by atoms with E-state index in [0.717, 1.165) is 46.7 Å². The highest BCUT2D eigenvalue weighted by atomic mass is 16.5. The number of benzene rings is 2. The first kappa shape index (κ1) is 24.1. The fourth-order valence-electron chi connectivity index (χ4n) is 4.12. The number of H-pyrrole nitrogens is 1. The number of carbonyl (C=O) groups is 2. The molecule has 0 aliphatic heterocycles. The lowest BCUT2D eigenvalue weighted by Gasteiger charge is -2.19. The third-order valence-electron chi connectivity index (χ3n) is 6.00. The number of hydrogen-bond donors (Lipinski definition) is 3. The molecule has 0 aliphatic carbocycles. The van der Waals surface area contributed by atoms with Gasteiger partial charge in [0, 0.05) is 41.0 Å². The molecule has 2 aromatic carbocycles. The lowest BCUT2D eigenvalue weighted by atomic mass is 10.0. The van der Waals surface area contributed by atoms with Crippen LogP contribution in [-0.2, 0) is 22.4 Å². The van der Waals surface area contributed by atoms with Crippen LogP contribution >= 0.6 is 0 Å². The van der Waals surface area contributed by atoms with Crippen molar-refractivity contribution >= 4 is 33.7 Å². The van der Waals surface area contributed by atoms with Crippen molar-refractivity contribution < 1.29 is 23.8 Å². The minimum atomic E-state index is -1.14. The molecule has 2 atom stereocenters. The Bertz CT molecular complexity index is 1420. The van der Waals surface area contributed by atoms with E-state index in [-0.39, 0.29) is 6.42 Å². The highest BCUT2D eigenvalue weighted by Crippen LogP contribution is 2.25. The molecule has 0 spiro atoms. The molecule has 35 heavy (non-hydrogen) atoms. The third-order valence-corrected chi connectivity index (χ3v) is 6.00. The number of aryl methyl sites for hydroxylation is 1. The van der Waals surface area contributed by atoms with Crippen molar-refractivity contribution in [1.82, 2.24) is 10.3 Å². The third kappa shape index (κ3) is 5.54. The maximum atomic E-state index is 12.8. The number of nitrogens with one attached hydrogen (secondary N) is 2. The Morgan fingerprint density at radius 2 is 1.91 bits per heavy atom. The zero-order valence-electron chi connectivity index (χ0n) is 19.7. The number of carboxylic acid groups (broad SMARTS) is 1. The van der Waals surface area contributed by atoms with Gasteiger partial charge in [0.05, 0.1) is 0 Å². The molecule has 0 radical (unpaired) electrons. The zero-order chi connectivity index (χ0) is 24.9. The van der Waals surface area contributed by atoms with Gasteiger partial charge in [0.25, 0.3) is 5.91 Å². The fraction of sp³-hybridized carbons (Fsp3) is 0.296. The first-order valence-corrected chi connectivity index (χ1v) is 11.7. The molecule has 4 rings (SSSR count). The Morgan fingerprint density at radius 1 is 1.11 bits per heavy atom. The van der Waals surface area contributed by atoms with Crippen molar-refractivity contribution in [3.63, 3.8) is 0 Å². The van der Waals surface area contributed by atoms with Crippen LogP contribution in [0.3, 0.4) is 0 Å². The van der Waals surface area contributed by atoms with Gasteiger partial charge >= 0.3 is 11.6 Å². The number of aromatic amines is 1. The molecule has 182 valence electrons. The summed E-state index contributed by atoms with van der Waals surface area (Å²) < 4.78 is 11.1. The van der Waals surface area contributed by atoms with Crippen molar-refractivity contribution in [2.24, 2.45) is 0 Å². The normalized spacial score (nSPS) is 13.0. The molecule has 0 aliphatic rings. The summed E-state index contributed by atoms with van der Waals surface area (Å²) in [5, 5.41) is 14.0. The second-order valence-electron chi connectivity index (χ2n) is 8.58. The van der Waals surface area contributed by atoms with Gasteiger partial charge in [-0.3, -0.25) is 4.79 Å². The first-order valence-electron chi connectivity index (χ1n) is 11.7.